The number of hydrogen-bond acceptors (Lipinski definition) is 8. The summed E-state index contributed by atoms with van der Waals surface area (Å²) >= 11 is 5.84. The number of fused-ring (bicyclic) bond motifs is 1. The summed E-state index contributed by atoms with van der Waals surface area (Å²) < 4.78 is 17.6. The summed E-state index contributed by atoms with van der Waals surface area (Å²) in [5.41, 5.74) is 0.220. The number of carboxylic acid groups (broad SMARTS) is 1. The second-order valence-electron chi connectivity index (χ2n) is 13.9. The van der Waals surface area contributed by atoms with Crippen LogP contribution in [0.25, 0.3) is 22.2 Å². The Labute approximate surface area is 292 Å². The smallest absolute Gasteiger partial charge is 0.408 e. The number of rotatable bonds is 11. The highest BCUT2D eigenvalue weighted by Gasteiger charge is 2.60. The van der Waals surface area contributed by atoms with E-state index in [1.807, 2.05) is 68.4 Å². The summed E-state index contributed by atoms with van der Waals surface area (Å²) in [5.74, 6) is -0.819. The van der Waals surface area contributed by atoms with E-state index in [9.17, 15) is 19.5 Å². The third-order valence-corrected chi connectivity index (χ3v) is 9.20. The number of aromatic nitrogens is 1. The molecule has 11 nitrogen and oxygen atoms in total. The molecule has 3 aromatic rings. The molecule has 0 bridgehead atoms. The summed E-state index contributed by atoms with van der Waals surface area (Å²) in [6.45, 7) is 12.8. The number of carbonyl (C=O) groups excluding carboxylic acids is 2. The molecule has 1 aliphatic heterocycles. The van der Waals surface area contributed by atoms with Gasteiger partial charge >= 0.3 is 12.1 Å². The van der Waals surface area contributed by atoms with Gasteiger partial charge in [0.2, 0.25) is 5.91 Å². The van der Waals surface area contributed by atoms with Gasteiger partial charge in [-0.3, -0.25) is 4.79 Å². The lowest BCUT2D eigenvalue weighted by molar-refractivity contribution is -0.140. The second kappa shape index (κ2) is 14.0. The van der Waals surface area contributed by atoms with Crippen LogP contribution in [-0.4, -0.2) is 80.9 Å². The van der Waals surface area contributed by atoms with Crippen LogP contribution in [0.5, 0.6) is 11.5 Å². The van der Waals surface area contributed by atoms with Gasteiger partial charge in [-0.15, -0.1) is 6.58 Å². The zero-order valence-electron chi connectivity index (χ0n) is 28.7. The van der Waals surface area contributed by atoms with Crippen LogP contribution < -0.4 is 20.1 Å². The topological polar surface area (TPSA) is 139 Å². The normalized spacial score (nSPS) is 22.3. The number of nitrogens with zero attached hydrogens (tertiary/aromatic N) is 2. The van der Waals surface area contributed by atoms with Crippen molar-refractivity contribution in [1.29, 1.82) is 0 Å². The number of methoxy groups -OCH3 is 1. The minimum absolute atomic E-state index is 0.135. The number of nitrogens with one attached hydrogen (secondary N) is 2. The molecule has 2 heterocycles. The number of aliphatic carboxylic acids is 1. The van der Waals surface area contributed by atoms with Gasteiger partial charge in [-0.2, -0.15) is 0 Å². The van der Waals surface area contributed by atoms with Gasteiger partial charge in [0.05, 0.1) is 35.9 Å². The first-order valence-electron chi connectivity index (χ1n) is 16.3. The number of carbonyl (C=O) groups is 3. The lowest BCUT2D eigenvalue weighted by Gasteiger charge is -2.32. The van der Waals surface area contributed by atoms with Crippen molar-refractivity contribution in [2.75, 3.05) is 13.7 Å². The molecule has 0 radical (unpaired) electrons. The number of benzene rings is 2. The Morgan fingerprint density at radius 3 is 2.45 bits per heavy atom. The Hall–Kier alpha value is -4.71. The average molecular weight is 689 g/mol. The SMILES string of the molecule is C=C[C@@H]1C[C@]1(NC(=S)[C@@H]1C[C@@H](Oc2cc(-c3ccccc3)nc3cc(OC)ccc23)CN1C(=O)C(NC(=O)OC(C)(C)C)C(C)C)C(=O)O. The van der Waals surface area contributed by atoms with Crippen LogP contribution in [0.3, 0.4) is 0 Å². The van der Waals surface area contributed by atoms with Gasteiger partial charge in [-0.1, -0.05) is 62.5 Å². The summed E-state index contributed by atoms with van der Waals surface area (Å²) in [7, 11) is 1.59. The molecule has 49 heavy (non-hydrogen) atoms. The fraction of sp³-hybridized carbons (Fsp3) is 0.432. The van der Waals surface area contributed by atoms with Crippen molar-refractivity contribution in [3.05, 3.63) is 67.3 Å². The van der Waals surface area contributed by atoms with Crippen molar-refractivity contribution < 1.29 is 33.7 Å². The Morgan fingerprint density at radius 2 is 1.86 bits per heavy atom. The van der Waals surface area contributed by atoms with Crippen molar-refractivity contribution in [3.8, 4) is 22.8 Å². The first kappa shape index (κ1) is 35.6. The molecule has 3 N–H and O–H groups in total. The van der Waals surface area contributed by atoms with Crippen molar-refractivity contribution >= 4 is 46.1 Å². The number of alkyl carbamates (subject to hydrolysis) is 1. The minimum atomic E-state index is -1.29. The van der Waals surface area contributed by atoms with Crippen molar-refractivity contribution in [3.63, 3.8) is 0 Å². The highest BCUT2D eigenvalue weighted by molar-refractivity contribution is 7.80. The third-order valence-electron chi connectivity index (χ3n) is 8.82. The van der Waals surface area contributed by atoms with E-state index in [2.05, 4.69) is 17.2 Å². The Kier molecular flexibility index (Phi) is 10.2. The van der Waals surface area contributed by atoms with Gasteiger partial charge in [-0.25, -0.2) is 14.6 Å². The van der Waals surface area contributed by atoms with E-state index < -0.39 is 41.4 Å². The summed E-state index contributed by atoms with van der Waals surface area (Å²) in [6, 6.07) is 15.5. The lowest BCUT2D eigenvalue weighted by Crippen LogP contribution is -2.57. The molecule has 1 aliphatic carbocycles. The maximum atomic E-state index is 14.3. The number of hydrogen-bond donors (Lipinski definition) is 3. The number of likely N-dealkylation sites (tertiary alicyclic amines) is 1. The van der Waals surface area contributed by atoms with Gasteiger partial charge in [0.25, 0.3) is 0 Å². The largest absolute Gasteiger partial charge is 0.497 e. The van der Waals surface area contributed by atoms with Crippen LogP contribution in [0.2, 0.25) is 0 Å². The van der Waals surface area contributed by atoms with Gasteiger partial charge in [0.1, 0.15) is 34.8 Å². The molecular weight excluding hydrogens is 644 g/mol. The Morgan fingerprint density at radius 1 is 1.14 bits per heavy atom. The third kappa shape index (κ3) is 7.80. The van der Waals surface area contributed by atoms with E-state index in [0.717, 1.165) is 10.9 Å². The standard InChI is InChI=1S/C37H44N4O7S/c1-8-23-19-37(23,34(43)44)40-32(49)29-17-25(20-41(29)33(42)31(21(2)3)39-35(45)48-36(4,5)6)47-30-18-27(22-12-10-9-11-13-22)38-28-16-24(46-7)14-15-26(28)30/h8-16,18,21,23,25,29,31H,1,17,19-20H2,2-7H3,(H,39,45)(H,40,49)(H,43,44)/t23-,25-,29+,31?,37-/m1/s1. The molecule has 5 rings (SSSR count). The lowest BCUT2D eigenvalue weighted by atomic mass is 10.0. The molecular formula is C37H44N4O7S. The molecule has 1 saturated carbocycles. The number of amides is 2. The fourth-order valence-corrected chi connectivity index (χ4v) is 6.56. The maximum Gasteiger partial charge on any atom is 0.408 e. The summed E-state index contributed by atoms with van der Waals surface area (Å²) in [6.07, 6.45) is 0.961. The van der Waals surface area contributed by atoms with Gasteiger partial charge in [-0.05, 0) is 45.2 Å². The molecule has 2 aliphatic rings. The van der Waals surface area contributed by atoms with E-state index in [-0.39, 0.29) is 35.7 Å². The molecule has 12 heteroatoms. The first-order chi connectivity index (χ1) is 23.2. The molecule has 5 atom stereocenters. The van der Waals surface area contributed by atoms with Crippen LogP contribution in [-0.2, 0) is 14.3 Å². The molecule has 2 aromatic carbocycles. The molecule has 1 unspecified atom stereocenters. The van der Waals surface area contributed by atoms with Crippen molar-refractivity contribution in [2.24, 2.45) is 11.8 Å². The predicted octanol–water partition coefficient (Wildman–Crippen LogP) is 5.75. The van der Waals surface area contributed by atoms with Crippen LogP contribution in [0.15, 0.2) is 67.3 Å². The van der Waals surface area contributed by atoms with E-state index in [1.165, 1.54) is 0 Å². The maximum absolute atomic E-state index is 14.3. The number of ether oxygens (including phenoxy) is 3. The fourth-order valence-electron chi connectivity index (χ4n) is 6.16. The summed E-state index contributed by atoms with van der Waals surface area (Å²) in [4.78, 5) is 46.1. The van der Waals surface area contributed by atoms with E-state index in [4.69, 9.17) is 31.4 Å². The molecule has 2 amide bonds. The van der Waals surface area contributed by atoms with Crippen molar-refractivity contribution in [2.45, 2.75) is 76.8 Å². The second-order valence-corrected chi connectivity index (χ2v) is 14.4. The highest BCUT2D eigenvalue weighted by Crippen LogP contribution is 2.45. The zero-order chi connectivity index (χ0) is 35.7. The van der Waals surface area contributed by atoms with Gasteiger partial charge < -0.3 is 34.9 Å². The van der Waals surface area contributed by atoms with Gasteiger partial charge in [0.15, 0.2) is 0 Å². The molecule has 1 aromatic heterocycles. The van der Waals surface area contributed by atoms with Crippen LogP contribution in [0, 0.1) is 11.8 Å². The number of pyridine rings is 1. The monoisotopic (exact) mass is 688 g/mol. The van der Waals surface area contributed by atoms with Crippen LogP contribution >= 0.6 is 12.2 Å². The number of carboxylic acids is 1. The highest BCUT2D eigenvalue weighted by atomic mass is 32.1. The average Bonchev–Trinajstić information content (AvgIpc) is 3.61. The zero-order valence-corrected chi connectivity index (χ0v) is 29.5. The molecule has 0 spiro atoms. The Bertz CT molecular complexity index is 1760. The molecule has 260 valence electrons. The minimum Gasteiger partial charge on any atom is -0.497 e. The first-order valence-corrected chi connectivity index (χ1v) is 16.8. The summed E-state index contributed by atoms with van der Waals surface area (Å²) in [5, 5.41) is 16.6. The van der Waals surface area contributed by atoms with E-state index >= 15 is 0 Å². The molecule has 2 fully saturated rings. The van der Waals surface area contributed by atoms with E-state index in [0.29, 0.717) is 29.1 Å². The predicted molar refractivity (Wildman–Crippen MR) is 191 cm³/mol. The van der Waals surface area contributed by atoms with Crippen LogP contribution in [0.4, 0.5) is 4.79 Å². The molecule has 1 saturated heterocycles. The van der Waals surface area contributed by atoms with Gasteiger partial charge in [0, 0.05) is 35.4 Å². The Balaban J connectivity index is 1.49. The van der Waals surface area contributed by atoms with E-state index in [1.54, 1.807) is 38.9 Å². The quantitative estimate of drug-likeness (QED) is 0.169. The van der Waals surface area contributed by atoms with Crippen LogP contribution in [0.1, 0.15) is 47.5 Å². The van der Waals surface area contributed by atoms with Crippen molar-refractivity contribution in [1.82, 2.24) is 20.5 Å². The number of thiocarbonyl (C=S) groups is 1.